The van der Waals surface area contributed by atoms with Crippen LogP contribution in [0.2, 0.25) is 0 Å². The van der Waals surface area contributed by atoms with Crippen molar-refractivity contribution in [3.8, 4) is 0 Å². The van der Waals surface area contributed by atoms with Crippen LogP contribution in [-0.2, 0) is 6.42 Å². The van der Waals surface area contributed by atoms with Gasteiger partial charge in [-0.3, -0.25) is 9.89 Å². The Kier molecular flexibility index (Phi) is 2.77. The maximum atomic E-state index is 11.4. The molecule has 6 heteroatoms. The molecule has 0 fully saturated rings. The third-order valence-electron chi connectivity index (χ3n) is 1.98. The van der Waals surface area contributed by atoms with Crippen molar-refractivity contribution in [1.29, 1.82) is 0 Å². The van der Waals surface area contributed by atoms with E-state index in [-0.39, 0.29) is 5.91 Å². The first-order chi connectivity index (χ1) is 7.36. The zero-order chi connectivity index (χ0) is 10.5. The zero-order valence-corrected chi connectivity index (χ0v) is 8.03. The van der Waals surface area contributed by atoms with Crippen LogP contribution in [0.4, 0.5) is 0 Å². The molecule has 0 saturated carbocycles. The Bertz CT molecular complexity index is 406. The molecule has 6 nitrogen and oxygen atoms in total. The van der Waals surface area contributed by atoms with Crippen LogP contribution in [0.5, 0.6) is 0 Å². The zero-order valence-electron chi connectivity index (χ0n) is 8.03. The summed E-state index contributed by atoms with van der Waals surface area (Å²) in [6.07, 6.45) is 5.64. The summed E-state index contributed by atoms with van der Waals surface area (Å²) >= 11 is 0. The van der Waals surface area contributed by atoms with Gasteiger partial charge in [0.05, 0.1) is 6.33 Å². The van der Waals surface area contributed by atoms with Gasteiger partial charge in [-0.1, -0.05) is 0 Å². The molecule has 0 saturated heterocycles. The Morgan fingerprint density at radius 2 is 2.47 bits per heavy atom. The average Bonchev–Trinajstić information content (AvgIpc) is 2.90. The van der Waals surface area contributed by atoms with E-state index in [4.69, 9.17) is 0 Å². The van der Waals surface area contributed by atoms with Crippen LogP contribution >= 0.6 is 0 Å². The molecular formula is C9H11N5O. The molecule has 0 spiro atoms. The van der Waals surface area contributed by atoms with E-state index in [1.54, 1.807) is 24.8 Å². The predicted molar refractivity (Wildman–Crippen MR) is 53.2 cm³/mol. The Morgan fingerprint density at radius 1 is 1.53 bits per heavy atom. The van der Waals surface area contributed by atoms with E-state index in [0.717, 1.165) is 12.1 Å². The number of amides is 1. The summed E-state index contributed by atoms with van der Waals surface area (Å²) in [6.45, 7) is 0.569. The fraction of sp³-hybridized carbons (Fsp3) is 0.222. The first-order valence-electron chi connectivity index (χ1n) is 4.61. The number of aromatic amines is 2. The fourth-order valence-electron chi connectivity index (χ4n) is 1.21. The molecule has 15 heavy (non-hydrogen) atoms. The van der Waals surface area contributed by atoms with Crippen LogP contribution < -0.4 is 5.32 Å². The quantitative estimate of drug-likeness (QED) is 0.661. The van der Waals surface area contributed by atoms with Crippen molar-refractivity contribution in [1.82, 2.24) is 25.5 Å². The second-order valence-corrected chi connectivity index (χ2v) is 3.05. The highest BCUT2D eigenvalue weighted by atomic mass is 16.1. The molecule has 0 atom stereocenters. The SMILES string of the molecule is O=C(NCCc1cnc[nH]1)c1ccn[nH]1. The van der Waals surface area contributed by atoms with E-state index in [1.165, 1.54) is 0 Å². The number of nitrogens with one attached hydrogen (secondary N) is 3. The average molecular weight is 205 g/mol. The molecule has 0 radical (unpaired) electrons. The lowest BCUT2D eigenvalue weighted by Crippen LogP contribution is -2.26. The lowest BCUT2D eigenvalue weighted by molar-refractivity contribution is 0.0949. The molecule has 2 aromatic heterocycles. The first-order valence-corrected chi connectivity index (χ1v) is 4.61. The molecular weight excluding hydrogens is 194 g/mol. The number of carbonyl (C=O) groups excluding carboxylic acids is 1. The van der Waals surface area contributed by atoms with E-state index >= 15 is 0 Å². The highest BCUT2D eigenvalue weighted by Crippen LogP contribution is 1.93. The summed E-state index contributed by atoms with van der Waals surface area (Å²) in [6, 6.07) is 1.63. The van der Waals surface area contributed by atoms with Gasteiger partial charge in [-0.25, -0.2) is 4.98 Å². The number of rotatable bonds is 4. The van der Waals surface area contributed by atoms with Gasteiger partial charge in [0.25, 0.3) is 5.91 Å². The molecule has 0 unspecified atom stereocenters. The normalized spacial score (nSPS) is 10.1. The van der Waals surface area contributed by atoms with Crippen molar-refractivity contribution >= 4 is 5.91 Å². The summed E-state index contributed by atoms with van der Waals surface area (Å²) in [7, 11) is 0. The van der Waals surface area contributed by atoms with Crippen molar-refractivity contribution < 1.29 is 4.79 Å². The minimum Gasteiger partial charge on any atom is -0.350 e. The smallest absolute Gasteiger partial charge is 0.269 e. The van der Waals surface area contributed by atoms with Crippen LogP contribution in [0.3, 0.4) is 0 Å². The third kappa shape index (κ3) is 2.43. The van der Waals surface area contributed by atoms with Gasteiger partial charge in [0.15, 0.2) is 0 Å². The molecule has 3 N–H and O–H groups in total. The van der Waals surface area contributed by atoms with Gasteiger partial charge in [-0.05, 0) is 6.07 Å². The van der Waals surface area contributed by atoms with Crippen molar-refractivity contribution in [2.45, 2.75) is 6.42 Å². The molecule has 0 aliphatic carbocycles. The Morgan fingerprint density at radius 3 is 3.13 bits per heavy atom. The van der Waals surface area contributed by atoms with E-state index in [9.17, 15) is 4.79 Å². The van der Waals surface area contributed by atoms with Crippen LogP contribution in [0.1, 0.15) is 16.2 Å². The van der Waals surface area contributed by atoms with Gasteiger partial charge in [0.1, 0.15) is 5.69 Å². The monoisotopic (exact) mass is 205 g/mol. The number of imidazole rings is 1. The molecule has 0 aliphatic heterocycles. The summed E-state index contributed by atoms with van der Waals surface area (Å²) in [5.74, 6) is -0.146. The molecule has 0 aliphatic rings. The van der Waals surface area contributed by atoms with E-state index in [1.807, 2.05) is 0 Å². The number of aromatic nitrogens is 4. The Hall–Kier alpha value is -2.11. The third-order valence-corrected chi connectivity index (χ3v) is 1.98. The van der Waals surface area contributed by atoms with Gasteiger partial charge in [-0.2, -0.15) is 5.10 Å². The van der Waals surface area contributed by atoms with E-state index in [2.05, 4.69) is 25.5 Å². The molecule has 1 amide bonds. The highest BCUT2D eigenvalue weighted by molar-refractivity contribution is 5.92. The molecule has 78 valence electrons. The summed E-state index contributed by atoms with van der Waals surface area (Å²) in [5, 5.41) is 9.06. The van der Waals surface area contributed by atoms with Gasteiger partial charge < -0.3 is 10.3 Å². The lowest BCUT2D eigenvalue weighted by atomic mass is 10.3. The Labute approximate surface area is 86.1 Å². The Balaban J connectivity index is 1.77. The van der Waals surface area contributed by atoms with Crippen molar-refractivity contribution in [3.05, 3.63) is 36.2 Å². The topological polar surface area (TPSA) is 86.5 Å². The van der Waals surface area contributed by atoms with E-state index in [0.29, 0.717) is 12.2 Å². The molecule has 2 rings (SSSR count). The molecule has 0 bridgehead atoms. The number of H-pyrrole nitrogens is 2. The predicted octanol–water partition coefficient (Wildman–Crippen LogP) is 0.105. The van der Waals surface area contributed by atoms with Gasteiger partial charge in [-0.15, -0.1) is 0 Å². The van der Waals surface area contributed by atoms with Crippen LogP contribution in [-0.4, -0.2) is 32.6 Å². The number of carbonyl (C=O) groups is 1. The molecule has 0 aromatic carbocycles. The van der Waals surface area contributed by atoms with Crippen LogP contribution in [0, 0.1) is 0 Å². The highest BCUT2D eigenvalue weighted by Gasteiger charge is 2.05. The minimum atomic E-state index is -0.146. The lowest BCUT2D eigenvalue weighted by Gasteiger charge is -2.01. The minimum absolute atomic E-state index is 0.146. The standard InChI is InChI=1S/C9H11N5O/c15-9(8-2-4-13-14-8)11-3-1-7-5-10-6-12-7/h2,4-6H,1,3H2,(H,10,12)(H,11,15)(H,13,14). The van der Waals surface area contributed by atoms with Crippen molar-refractivity contribution in [3.63, 3.8) is 0 Å². The van der Waals surface area contributed by atoms with Crippen LogP contribution in [0.25, 0.3) is 0 Å². The molecule has 2 heterocycles. The second-order valence-electron chi connectivity index (χ2n) is 3.05. The largest absolute Gasteiger partial charge is 0.350 e. The molecule has 2 aromatic rings. The summed E-state index contributed by atoms with van der Waals surface area (Å²) in [5.41, 5.74) is 1.47. The second kappa shape index (κ2) is 4.41. The maximum absolute atomic E-state index is 11.4. The van der Waals surface area contributed by atoms with Gasteiger partial charge in [0, 0.05) is 31.1 Å². The summed E-state index contributed by atoms with van der Waals surface area (Å²) < 4.78 is 0. The maximum Gasteiger partial charge on any atom is 0.269 e. The number of nitrogens with zero attached hydrogens (tertiary/aromatic N) is 2. The van der Waals surface area contributed by atoms with Crippen molar-refractivity contribution in [2.75, 3.05) is 6.54 Å². The first kappa shape index (κ1) is 9.45. The van der Waals surface area contributed by atoms with Gasteiger partial charge in [0.2, 0.25) is 0 Å². The van der Waals surface area contributed by atoms with Crippen molar-refractivity contribution in [2.24, 2.45) is 0 Å². The number of hydrogen-bond acceptors (Lipinski definition) is 3. The van der Waals surface area contributed by atoms with Crippen LogP contribution in [0.15, 0.2) is 24.8 Å². The fourth-order valence-corrected chi connectivity index (χ4v) is 1.21. The van der Waals surface area contributed by atoms with E-state index < -0.39 is 0 Å². The van der Waals surface area contributed by atoms with Gasteiger partial charge >= 0.3 is 0 Å². The number of hydrogen-bond donors (Lipinski definition) is 3. The summed E-state index contributed by atoms with van der Waals surface area (Å²) in [4.78, 5) is 18.3.